The van der Waals surface area contributed by atoms with Crippen molar-refractivity contribution in [2.75, 3.05) is 12.4 Å². The van der Waals surface area contributed by atoms with Gasteiger partial charge in [0.05, 0.1) is 18.5 Å². The zero-order valence-electron chi connectivity index (χ0n) is 14.0. The highest BCUT2D eigenvalue weighted by Gasteiger charge is 2.17. The summed E-state index contributed by atoms with van der Waals surface area (Å²) < 4.78 is 5.27. The van der Waals surface area contributed by atoms with Crippen LogP contribution in [0.5, 0.6) is 5.75 Å². The van der Waals surface area contributed by atoms with Crippen LogP contribution in [0.2, 0.25) is 5.02 Å². The van der Waals surface area contributed by atoms with Crippen molar-refractivity contribution in [2.24, 2.45) is 0 Å². The number of hydrogen-bond donors (Lipinski definition) is 2. The van der Waals surface area contributed by atoms with E-state index in [1.165, 1.54) is 0 Å². The number of rotatable bonds is 5. The van der Waals surface area contributed by atoms with Crippen LogP contribution in [0.4, 0.5) is 5.69 Å². The van der Waals surface area contributed by atoms with Crippen molar-refractivity contribution in [1.29, 1.82) is 0 Å². The lowest BCUT2D eigenvalue weighted by atomic mass is 10.1. The molecule has 0 aliphatic carbocycles. The van der Waals surface area contributed by atoms with Crippen molar-refractivity contribution in [2.45, 2.75) is 13.3 Å². The predicted octanol–water partition coefficient (Wildman–Crippen LogP) is 4.55. The van der Waals surface area contributed by atoms with Crippen molar-refractivity contribution in [1.82, 2.24) is 10.2 Å². The summed E-state index contributed by atoms with van der Waals surface area (Å²) in [4.78, 5) is 12.6. The molecule has 128 valence electrons. The van der Waals surface area contributed by atoms with Gasteiger partial charge in [-0.3, -0.25) is 9.89 Å². The van der Waals surface area contributed by atoms with Crippen LogP contribution < -0.4 is 10.1 Å². The molecule has 25 heavy (non-hydrogen) atoms. The van der Waals surface area contributed by atoms with Crippen LogP contribution in [0, 0.1) is 0 Å². The number of nitrogens with zero attached hydrogens (tertiary/aromatic N) is 1. The van der Waals surface area contributed by atoms with Gasteiger partial charge in [0.2, 0.25) is 0 Å². The Bertz CT molecular complexity index is 905. The summed E-state index contributed by atoms with van der Waals surface area (Å²) in [6.07, 6.45) is 0.710. The minimum Gasteiger partial charge on any atom is -0.497 e. The third-order valence-electron chi connectivity index (χ3n) is 3.86. The molecule has 1 amide bonds. The van der Waals surface area contributed by atoms with Gasteiger partial charge in [-0.25, -0.2) is 0 Å². The molecular weight excluding hydrogens is 338 g/mol. The molecule has 0 aliphatic heterocycles. The van der Waals surface area contributed by atoms with Gasteiger partial charge in [-0.1, -0.05) is 36.7 Å². The standard InChI is InChI=1S/C19H18ClN3O2/c1-3-16-18(21-19(24)13-7-4-8-14(20)10-13)17(23-22-16)12-6-5-9-15(11-12)25-2/h4-11H,3H2,1-2H3,(H,21,24)(H,22,23). The second kappa shape index (κ2) is 7.40. The van der Waals surface area contributed by atoms with E-state index in [9.17, 15) is 4.79 Å². The first-order valence-electron chi connectivity index (χ1n) is 7.91. The first kappa shape index (κ1) is 17.0. The molecule has 0 bridgehead atoms. The molecule has 1 heterocycles. The average Bonchev–Trinajstić information content (AvgIpc) is 3.04. The van der Waals surface area contributed by atoms with E-state index in [-0.39, 0.29) is 5.91 Å². The van der Waals surface area contributed by atoms with Gasteiger partial charge in [-0.05, 0) is 36.8 Å². The molecule has 1 aromatic heterocycles. The maximum absolute atomic E-state index is 12.6. The Morgan fingerprint density at radius 2 is 2.04 bits per heavy atom. The van der Waals surface area contributed by atoms with E-state index >= 15 is 0 Å². The lowest BCUT2D eigenvalue weighted by molar-refractivity contribution is 0.102. The van der Waals surface area contributed by atoms with Crippen molar-refractivity contribution in [3.8, 4) is 17.0 Å². The van der Waals surface area contributed by atoms with Gasteiger partial charge in [0, 0.05) is 16.1 Å². The Morgan fingerprint density at radius 1 is 1.24 bits per heavy atom. The maximum Gasteiger partial charge on any atom is 0.255 e. The predicted molar refractivity (Wildman–Crippen MR) is 99.4 cm³/mol. The van der Waals surface area contributed by atoms with E-state index in [0.29, 0.717) is 28.4 Å². The third-order valence-corrected chi connectivity index (χ3v) is 4.10. The van der Waals surface area contributed by atoms with Crippen molar-refractivity contribution in [3.05, 3.63) is 64.8 Å². The van der Waals surface area contributed by atoms with Gasteiger partial charge >= 0.3 is 0 Å². The quantitative estimate of drug-likeness (QED) is 0.705. The number of ether oxygens (including phenoxy) is 1. The Morgan fingerprint density at radius 3 is 2.76 bits per heavy atom. The van der Waals surface area contributed by atoms with Gasteiger partial charge in [0.25, 0.3) is 5.91 Å². The van der Waals surface area contributed by atoms with E-state index in [2.05, 4.69) is 15.5 Å². The van der Waals surface area contributed by atoms with Gasteiger partial charge in [-0.2, -0.15) is 5.10 Å². The monoisotopic (exact) mass is 355 g/mol. The summed E-state index contributed by atoms with van der Waals surface area (Å²) in [6.45, 7) is 2.00. The average molecular weight is 356 g/mol. The van der Waals surface area contributed by atoms with Crippen molar-refractivity contribution in [3.63, 3.8) is 0 Å². The van der Waals surface area contributed by atoms with E-state index < -0.39 is 0 Å². The molecule has 5 nitrogen and oxygen atoms in total. The van der Waals surface area contributed by atoms with Crippen LogP contribution in [-0.4, -0.2) is 23.2 Å². The summed E-state index contributed by atoms with van der Waals surface area (Å²) >= 11 is 5.98. The number of halogens is 1. The lowest BCUT2D eigenvalue weighted by Gasteiger charge is -2.09. The van der Waals surface area contributed by atoms with E-state index in [1.807, 2.05) is 31.2 Å². The fourth-order valence-corrected chi connectivity index (χ4v) is 2.75. The minimum absolute atomic E-state index is 0.234. The Balaban J connectivity index is 1.97. The van der Waals surface area contributed by atoms with Crippen LogP contribution in [0.15, 0.2) is 48.5 Å². The summed E-state index contributed by atoms with van der Waals surface area (Å²) in [5, 5.41) is 10.8. The number of aryl methyl sites for hydroxylation is 1. The summed E-state index contributed by atoms with van der Waals surface area (Å²) in [6, 6.07) is 14.4. The molecule has 2 aromatic carbocycles. The van der Waals surface area contributed by atoms with Crippen LogP contribution in [0.3, 0.4) is 0 Å². The third kappa shape index (κ3) is 3.67. The highest BCUT2D eigenvalue weighted by atomic mass is 35.5. The molecule has 0 radical (unpaired) electrons. The van der Waals surface area contributed by atoms with Crippen LogP contribution in [0.1, 0.15) is 23.0 Å². The van der Waals surface area contributed by atoms with Crippen molar-refractivity contribution < 1.29 is 9.53 Å². The molecule has 0 spiro atoms. The van der Waals surface area contributed by atoms with E-state index in [1.54, 1.807) is 31.4 Å². The minimum atomic E-state index is -0.234. The number of carbonyl (C=O) groups is 1. The highest BCUT2D eigenvalue weighted by molar-refractivity contribution is 6.31. The lowest BCUT2D eigenvalue weighted by Crippen LogP contribution is -2.13. The SMILES string of the molecule is CCc1[nH]nc(-c2cccc(OC)c2)c1NC(=O)c1cccc(Cl)c1. The second-order valence-corrected chi connectivity index (χ2v) is 5.91. The van der Waals surface area contributed by atoms with Crippen LogP contribution >= 0.6 is 11.6 Å². The largest absolute Gasteiger partial charge is 0.497 e. The Hall–Kier alpha value is -2.79. The van der Waals surface area contributed by atoms with Crippen LogP contribution in [-0.2, 0) is 6.42 Å². The Kier molecular flexibility index (Phi) is 5.05. The number of anilines is 1. The van der Waals surface area contributed by atoms with Crippen LogP contribution in [0.25, 0.3) is 11.3 Å². The molecule has 0 unspecified atom stereocenters. The molecule has 6 heteroatoms. The number of methoxy groups -OCH3 is 1. The second-order valence-electron chi connectivity index (χ2n) is 5.48. The highest BCUT2D eigenvalue weighted by Crippen LogP contribution is 2.31. The summed E-state index contributed by atoms with van der Waals surface area (Å²) in [5.41, 5.74) is 3.55. The van der Waals surface area contributed by atoms with Gasteiger partial charge in [0.1, 0.15) is 11.4 Å². The summed E-state index contributed by atoms with van der Waals surface area (Å²) in [7, 11) is 1.61. The molecule has 2 N–H and O–H groups in total. The number of amides is 1. The number of benzene rings is 2. The number of carbonyl (C=O) groups excluding carboxylic acids is 1. The fraction of sp³-hybridized carbons (Fsp3) is 0.158. The molecule has 0 saturated carbocycles. The first-order chi connectivity index (χ1) is 12.1. The van der Waals surface area contributed by atoms with Gasteiger partial charge in [-0.15, -0.1) is 0 Å². The van der Waals surface area contributed by atoms with E-state index in [0.717, 1.165) is 17.0 Å². The molecular formula is C19H18ClN3O2. The van der Waals surface area contributed by atoms with E-state index in [4.69, 9.17) is 16.3 Å². The van der Waals surface area contributed by atoms with Crippen molar-refractivity contribution >= 4 is 23.2 Å². The Labute approximate surface area is 151 Å². The molecule has 0 atom stereocenters. The van der Waals surface area contributed by atoms with Gasteiger partial charge in [0.15, 0.2) is 0 Å². The molecule has 0 aliphatic rings. The van der Waals surface area contributed by atoms with Gasteiger partial charge < -0.3 is 10.1 Å². The molecule has 0 fully saturated rings. The smallest absolute Gasteiger partial charge is 0.255 e. The number of aromatic nitrogens is 2. The molecule has 3 aromatic rings. The number of aromatic amines is 1. The number of nitrogens with one attached hydrogen (secondary N) is 2. The number of H-pyrrole nitrogens is 1. The first-order valence-corrected chi connectivity index (χ1v) is 8.28. The normalized spacial score (nSPS) is 10.5. The zero-order chi connectivity index (χ0) is 17.8. The fourth-order valence-electron chi connectivity index (χ4n) is 2.56. The zero-order valence-corrected chi connectivity index (χ0v) is 14.7. The summed E-state index contributed by atoms with van der Waals surface area (Å²) in [5.74, 6) is 0.494. The maximum atomic E-state index is 12.6. The topological polar surface area (TPSA) is 67.0 Å². The number of hydrogen-bond acceptors (Lipinski definition) is 3. The molecule has 3 rings (SSSR count). The molecule has 0 saturated heterocycles.